The number of nitrogens with zero attached hydrogens (tertiary/aromatic N) is 3. The van der Waals surface area contributed by atoms with Gasteiger partial charge in [0.25, 0.3) is 0 Å². The summed E-state index contributed by atoms with van der Waals surface area (Å²) >= 11 is 1.29. The number of H-pyrrole nitrogens is 1. The van der Waals surface area contributed by atoms with Crippen LogP contribution >= 0.6 is 11.8 Å². The van der Waals surface area contributed by atoms with Crippen LogP contribution in [0, 0.1) is 0 Å². The highest BCUT2D eigenvalue weighted by molar-refractivity contribution is 7.99. The van der Waals surface area contributed by atoms with Crippen molar-refractivity contribution < 1.29 is 10.2 Å². The van der Waals surface area contributed by atoms with Gasteiger partial charge in [-0.05, 0) is 0 Å². The lowest BCUT2D eigenvalue weighted by Gasteiger charge is -2.06. The first-order valence-corrected chi connectivity index (χ1v) is 5.57. The average Bonchev–Trinajstić information content (AvgIpc) is 2.73. The normalized spacial score (nSPS) is 13.1. The van der Waals surface area contributed by atoms with Crippen molar-refractivity contribution in [2.24, 2.45) is 0 Å². The molecule has 1 atom stereocenters. The smallest absolute Gasteiger partial charge is 0.223 e. The maximum Gasteiger partial charge on any atom is 0.223 e. The van der Waals surface area contributed by atoms with E-state index in [0.29, 0.717) is 21.9 Å². The van der Waals surface area contributed by atoms with Crippen LogP contribution in [0.3, 0.4) is 0 Å². The van der Waals surface area contributed by atoms with Crippen LogP contribution in [0.15, 0.2) is 11.4 Å². The lowest BCUT2D eigenvalue weighted by atomic mass is 10.4. The second kappa shape index (κ2) is 4.64. The van der Waals surface area contributed by atoms with E-state index in [9.17, 15) is 5.11 Å². The molecule has 1 unspecified atom stereocenters. The molecular weight excluding hydrogens is 230 g/mol. The van der Waals surface area contributed by atoms with E-state index in [2.05, 4.69) is 19.9 Å². The molecule has 0 saturated heterocycles. The first kappa shape index (κ1) is 11.1. The maximum absolute atomic E-state index is 9.24. The summed E-state index contributed by atoms with van der Waals surface area (Å²) in [4.78, 5) is 14.9. The number of hydrogen-bond donors (Lipinski definition) is 4. The van der Waals surface area contributed by atoms with Crippen LogP contribution in [0.5, 0.6) is 0 Å². The van der Waals surface area contributed by atoms with E-state index in [1.807, 2.05) is 0 Å². The van der Waals surface area contributed by atoms with Gasteiger partial charge >= 0.3 is 0 Å². The van der Waals surface area contributed by atoms with Gasteiger partial charge in [-0.25, -0.2) is 9.97 Å². The number of aliphatic hydroxyl groups excluding tert-OH is 2. The molecule has 0 radical (unpaired) electrons. The molecule has 8 heteroatoms. The number of rotatable bonds is 4. The number of thioether (sulfide) groups is 1. The molecule has 0 aromatic carbocycles. The molecule has 0 spiro atoms. The molecule has 2 heterocycles. The molecule has 0 aliphatic carbocycles. The molecule has 2 aromatic rings. The van der Waals surface area contributed by atoms with Crippen molar-refractivity contribution in [1.82, 2.24) is 19.9 Å². The zero-order chi connectivity index (χ0) is 11.5. The number of nitrogen functional groups attached to an aromatic ring is 1. The summed E-state index contributed by atoms with van der Waals surface area (Å²) in [6.45, 7) is -0.278. The molecule has 0 saturated carbocycles. The van der Waals surface area contributed by atoms with E-state index in [-0.39, 0.29) is 12.6 Å². The molecule has 0 fully saturated rings. The molecule has 7 nitrogen and oxygen atoms in total. The standard InChI is InChI=1S/C8H11N5O2S/c9-8-12-6-5(10-3-11-6)7(13-8)16-2-4(15)1-14/h3-4,14-15H,1-2H2,(H3,9,10,11,12,13). The third-order valence-corrected chi connectivity index (χ3v) is 3.01. The fourth-order valence-electron chi connectivity index (χ4n) is 1.15. The molecule has 86 valence electrons. The molecule has 2 aromatic heterocycles. The topological polar surface area (TPSA) is 121 Å². The van der Waals surface area contributed by atoms with E-state index in [4.69, 9.17) is 10.8 Å². The number of imidazole rings is 1. The highest BCUT2D eigenvalue weighted by atomic mass is 32.2. The average molecular weight is 241 g/mol. The van der Waals surface area contributed by atoms with Crippen LogP contribution in [0.2, 0.25) is 0 Å². The first-order chi connectivity index (χ1) is 7.70. The van der Waals surface area contributed by atoms with Gasteiger partial charge in [-0.1, -0.05) is 0 Å². The van der Waals surface area contributed by atoms with Gasteiger partial charge in [0.15, 0.2) is 5.65 Å². The summed E-state index contributed by atoms with van der Waals surface area (Å²) < 4.78 is 0. The number of aromatic amines is 1. The van der Waals surface area contributed by atoms with E-state index in [0.717, 1.165) is 0 Å². The third-order valence-electron chi connectivity index (χ3n) is 1.89. The minimum absolute atomic E-state index is 0.139. The fraction of sp³-hybridized carbons (Fsp3) is 0.375. The number of aliphatic hydroxyl groups is 2. The van der Waals surface area contributed by atoms with Crippen molar-refractivity contribution in [3.63, 3.8) is 0 Å². The van der Waals surface area contributed by atoms with Crippen molar-refractivity contribution in [2.75, 3.05) is 18.1 Å². The molecule has 0 amide bonds. The predicted octanol–water partition coefficient (Wildman–Crippen LogP) is -0.620. The third kappa shape index (κ3) is 2.23. The van der Waals surface area contributed by atoms with Crippen LogP contribution in [0.4, 0.5) is 5.95 Å². The van der Waals surface area contributed by atoms with Crippen molar-refractivity contribution in [3.8, 4) is 0 Å². The summed E-state index contributed by atoms with van der Waals surface area (Å²) in [5.41, 5.74) is 6.70. The molecule has 0 bridgehead atoms. The number of aromatic nitrogens is 4. The van der Waals surface area contributed by atoms with E-state index < -0.39 is 6.10 Å². The van der Waals surface area contributed by atoms with Gasteiger partial charge in [-0.2, -0.15) is 4.98 Å². The molecule has 16 heavy (non-hydrogen) atoms. The summed E-state index contributed by atoms with van der Waals surface area (Å²) in [6, 6.07) is 0. The van der Waals surface area contributed by atoms with E-state index in [1.165, 1.54) is 18.1 Å². The van der Waals surface area contributed by atoms with Crippen LogP contribution in [0.1, 0.15) is 0 Å². The highest BCUT2D eigenvalue weighted by Gasteiger charge is 2.11. The number of nitrogens with one attached hydrogen (secondary N) is 1. The Balaban J connectivity index is 2.25. The minimum atomic E-state index is -0.779. The SMILES string of the molecule is Nc1nc(SCC(O)CO)c2[nH]cnc2n1. The molecule has 0 aliphatic rings. The highest BCUT2D eigenvalue weighted by Crippen LogP contribution is 2.23. The Hall–Kier alpha value is -1.38. The van der Waals surface area contributed by atoms with Gasteiger partial charge in [-0.3, -0.25) is 0 Å². The lowest BCUT2D eigenvalue weighted by Crippen LogP contribution is -2.14. The second-order valence-corrected chi connectivity index (χ2v) is 4.14. The first-order valence-electron chi connectivity index (χ1n) is 4.59. The van der Waals surface area contributed by atoms with Crippen LogP contribution in [-0.2, 0) is 0 Å². The zero-order valence-electron chi connectivity index (χ0n) is 8.29. The van der Waals surface area contributed by atoms with Crippen LogP contribution in [0.25, 0.3) is 11.2 Å². The molecule has 2 rings (SSSR count). The Kier molecular flexibility index (Phi) is 3.22. The summed E-state index contributed by atoms with van der Waals surface area (Å²) in [5.74, 6) is 0.474. The Morgan fingerprint density at radius 1 is 1.50 bits per heavy atom. The van der Waals surface area contributed by atoms with Gasteiger partial charge in [0.1, 0.15) is 10.5 Å². The Morgan fingerprint density at radius 2 is 2.31 bits per heavy atom. The largest absolute Gasteiger partial charge is 0.394 e. The van der Waals surface area contributed by atoms with Gasteiger partial charge in [0.2, 0.25) is 5.95 Å². The van der Waals surface area contributed by atoms with Crippen molar-refractivity contribution in [1.29, 1.82) is 0 Å². The Labute approximate surface area is 95.1 Å². The number of anilines is 1. The summed E-state index contributed by atoms with van der Waals surface area (Å²) in [7, 11) is 0. The van der Waals surface area contributed by atoms with Gasteiger partial charge < -0.3 is 20.9 Å². The number of hydrogen-bond acceptors (Lipinski definition) is 7. The quantitative estimate of drug-likeness (QED) is 0.416. The van der Waals surface area contributed by atoms with Crippen LogP contribution < -0.4 is 5.73 Å². The fourth-order valence-corrected chi connectivity index (χ4v) is 2.06. The molecule has 5 N–H and O–H groups in total. The van der Waals surface area contributed by atoms with Gasteiger partial charge in [0, 0.05) is 5.75 Å². The molecule has 0 aliphatic heterocycles. The van der Waals surface area contributed by atoms with E-state index in [1.54, 1.807) is 0 Å². The number of nitrogens with two attached hydrogens (primary N) is 1. The van der Waals surface area contributed by atoms with Crippen molar-refractivity contribution in [3.05, 3.63) is 6.33 Å². The Morgan fingerprint density at radius 3 is 3.06 bits per heavy atom. The van der Waals surface area contributed by atoms with Gasteiger partial charge in [-0.15, -0.1) is 11.8 Å². The van der Waals surface area contributed by atoms with Crippen LogP contribution in [-0.4, -0.2) is 48.6 Å². The van der Waals surface area contributed by atoms with Crippen molar-refractivity contribution in [2.45, 2.75) is 11.1 Å². The zero-order valence-corrected chi connectivity index (χ0v) is 9.11. The summed E-state index contributed by atoms with van der Waals surface area (Å²) in [6.07, 6.45) is 0.727. The van der Waals surface area contributed by atoms with Crippen molar-refractivity contribution >= 4 is 28.9 Å². The van der Waals surface area contributed by atoms with Gasteiger partial charge in [0.05, 0.1) is 19.0 Å². The monoisotopic (exact) mass is 241 g/mol. The Bertz CT molecular complexity index is 488. The van der Waals surface area contributed by atoms with E-state index >= 15 is 0 Å². The number of fused-ring (bicyclic) bond motifs is 1. The second-order valence-electron chi connectivity index (χ2n) is 3.14. The summed E-state index contributed by atoms with van der Waals surface area (Å²) in [5, 5.41) is 18.6. The molecular formula is C8H11N5O2S. The minimum Gasteiger partial charge on any atom is -0.394 e. The lowest BCUT2D eigenvalue weighted by molar-refractivity contribution is 0.113. The predicted molar refractivity (Wildman–Crippen MR) is 59.9 cm³/mol. The maximum atomic E-state index is 9.24.